The molecule has 2 rings (SSSR count). The van der Waals surface area contributed by atoms with Gasteiger partial charge in [-0.3, -0.25) is 0 Å². The minimum atomic E-state index is 0.0199. The first-order chi connectivity index (χ1) is 10.2. The van der Waals surface area contributed by atoms with Crippen molar-refractivity contribution in [1.29, 1.82) is 0 Å². The van der Waals surface area contributed by atoms with Crippen molar-refractivity contribution in [2.24, 2.45) is 0 Å². The van der Waals surface area contributed by atoms with Crippen LogP contribution in [0.25, 0.3) is 0 Å². The smallest absolute Gasteiger partial charge is 0.231 e. The molecule has 1 aliphatic heterocycles. The number of ether oxygens (including phenoxy) is 1. The molecule has 1 N–H and O–H groups in total. The molecule has 1 aromatic heterocycles. The number of nitrogens with zero attached hydrogens (tertiary/aromatic N) is 5. The Kier molecular flexibility index (Phi) is 6.41. The molecule has 0 atom stereocenters. The highest BCUT2D eigenvalue weighted by atomic mass is 35.5. The van der Waals surface area contributed by atoms with Crippen LogP contribution in [0.5, 0.6) is 0 Å². The fourth-order valence-electron chi connectivity index (χ4n) is 2.34. The number of rotatable bonds is 7. The van der Waals surface area contributed by atoms with Gasteiger partial charge in [0.05, 0.1) is 13.2 Å². The topological polar surface area (TPSA) is 74.6 Å². The zero-order valence-electron chi connectivity index (χ0n) is 12.3. The van der Waals surface area contributed by atoms with E-state index in [9.17, 15) is 5.11 Å². The van der Waals surface area contributed by atoms with Crippen molar-refractivity contribution in [3.63, 3.8) is 0 Å². The van der Waals surface area contributed by atoms with Crippen LogP contribution in [0.4, 0.5) is 11.9 Å². The van der Waals surface area contributed by atoms with Gasteiger partial charge in [-0.05, 0) is 30.9 Å². The summed E-state index contributed by atoms with van der Waals surface area (Å²) >= 11 is 6.04. The van der Waals surface area contributed by atoms with Crippen molar-refractivity contribution in [2.45, 2.75) is 19.3 Å². The van der Waals surface area contributed by atoms with E-state index in [2.05, 4.69) is 19.9 Å². The molecular formula is C13H22ClN5O2. The van der Waals surface area contributed by atoms with E-state index in [1.165, 1.54) is 6.42 Å². The lowest BCUT2D eigenvalue weighted by atomic mass is 10.1. The molecule has 1 saturated heterocycles. The lowest BCUT2D eigenvalue weighted by Gasteiger charge is -2.28. The van der Waals surface area contributed by atoms with E-state index in [-0.39, 0.29) is 11.9 Å². The fourth-order valence-corrected chi connectivity index (χ4v) is 2.49. The van der Waals surface area contributed by atoms with Crippen LogP contribution in [-0.4, -0.2) is 66.6 Å². The molecule has 8 heteroatoms. The molecular weight excluding hydrogens is 294 g/mol. The summed E-state index contributed by atoms with van der Waals surface area (Å²) in [6, 6.07) is 0. The Balaban J connectivity index is 2.18. The van der Waals surface area contributed by atoms with E-state index in [1.807, 2.05) is 4.90 Å². The monoisotopic (exact) mass is 315 g/mol. The number of hydrogen-bond acceptors (Lipinski definition) is 7. The molecule has 2 heterocycles. The van der Waals surface area contributed by atoms with Gasteiger partial charge in [0.2, 0.25) is 17.2 Å². The Morgan fingerprint density at radius 2 is 1.95 bits per heavy atom. The van der Waals surface area contributed by atoms with Gasteiger partial charge in [0.15, 0.2) is 0 Å². The number of hydrogen-bond donors (Lipinski definition) is 1. The second-order valence-corrected chi connectivity index (χ2v) is 5.29. The second-order valence-electron chi connectivity index (χ2n) is 4.96. The summed E-state index contributed by atoms with van der Waals surface area (Å²) in [4.78, 5) is 16.9. The Bertz CT molecular complexity index is 443. The van der Waals surface area contributed by atoms with Gasteiger partial charge in [-0.15, -0.1) is 0 Å². The molecule has 21 heavy (non-hydrogen) atoms. The van der Waals surface area contributed by atoms with Gasteiger partial charge < -0.3 is 19.6 Å². The molecule has 0 aromatic carbocycles. The first kappa shape index (κ1) is 16.2. The molecule has 1 aliphatic rings. The van der Waals surface area contributed by atoms with Crippen molar-refractivity contribution in [1.82, 2.24) is 15.0 Å². The van der Waals surface area contributed by atoms with Crippen molar-refractivity contribution >= 4 is 23.5 Å². The number of methoxy groups -OCH3 is 1. The van der Waals surface area contributed by atoms with Crippen LogP contribution >= 0.6 is 11.6 Å². The van der Waals surface area contributed by atoms with Crippen LogP contribution in [0.1, 0.15) is 19.3 Å². The van der Waals surface area contributed by atoms with Gasteiger partial charge in [-0.2, -0.15) is 15.0 Å². The van der Waals surface area contributed by atoms with Crippen LogP contribution < -0.4 is 9.80 Å². The molecule has 0 saturated carbocycles. The molecule has 7 nitrogen and oxygen atoms in total. The van der Waals surface area contributed by atoms with Crippen molar-refractivity contribution in [3.8, 4) is 0 Å². The van der Waals surface area contributed by atoms with Crippen LogP contribution in [-0.2, 0) is 4.74 Å². The van der Waals surface area contributed by atoms with E-state index in [1.54, 1.807) is 7.11 Å². The number of aromatic nitrogens is 3. The third-order valence-corrected chi connectivity index (χ3v) is 3.61. The highest BCUT2D eigenvalue weighted by Crippen LogP contribution is 2.20. The lowest BCUT2D eigenvalue weighted by molar-refractivity contribution is 0.202. The highest BCUT2D eigenvalue weighted by molar-refractivity contribution is 6.28. The fraction of sp³-hybridized carbons (Fsp3) is 0.769. The van der Waals surface area contributed by atoms with E-state index in [0.29, 0.717) is 31.6 Å². The summed E-state index contributed by atoms with van der Waals surface area (Å²) in [5.41, 5.74) is 0. The Morgan fingerprint density at radius 1 is 1.19 bits per heavy atom. The number of aliphatic hydroxyl groups is 1. The molecule has 0 radical (unpaired) electrons. The van der Waals surface area contributed by atoms with Crippen LogP contribution in [0.15, 0.2) is 0 Å². The summed E-state index contributed by atoms with van der Waals surface area (Å²) in [7, 11) is 1.64. The molecule has 0 unspecified atom stereocenters. The average molecular weight is 316 g/mol. The molecule has 118 valence electrons. The minimum Gasteiger partial charge on any atom is -0.395 e. The van der Waals surface area contributed by atoms with Crippen molar-refractivity contribution < 1.29 is 9.84 Å². The summed E-state index contributed by atoms with van der Waals surface area (Å²) in [6.07, 6.45) is 3.53. The van der Waals surface area contributed by atoms with Crippen LogP contribution in [0.3, 0.4) is 0 Å². The zero-order chi connectivity index (χ0) is 15.1. The summed E-state index contributed by atoms with van der Waals surface area (Å²) in [6.45, 7) is 3.46. The van der Waals surface area contributed by atoms with Gasteiger partial charge in [-0.1, -0.05) is 0 Å². The second kappa shape index (κ2) is 8.31. The third-order valence-electron chi connectivity index (χ3n) is 3.44. The normalized spacial score (nSPS) is 15.3. The van der Waals surface area contributed by atoms with E-state index in [0.717, 1.165) is 25.9 Å². The summed E-state index contributed by atoms with van der Waals surface area (Å²) in [5.74, 6) is 1.10. The number of halogens is 1. The minimum absolute atomic E-state index is 0.0199. The number of piperidine rings is 1. The number of aliphatic hydroxyl groups excluding tert-OH is 1. The van der Waals surface area contributed by atoms with Crippen LogP contribution in [0, 0.1) is 0 Å². The van der Waals surface area contributed by atoms with Crippen molar-refractivity contribution in [2.75, 3.05) is 56.3 Å². The van der Waals surface area contributed by atoms with Crippen LogP contribution in [0.2, 0.25) is 5.28 Å². The molecule has 1 fully saturated rings. The molecule has 0 spiro atoms. The summed E-state index contributed by atoms with van der Waals surface area (Å²) < 4.78 is 5.08. The maximum atomic E-state index is 9.19. The first-order valence-electron chi connectivity index (χ1n) is 7.26. The predicted octanol–water partition coefficient (Wildman–Crippen LogP) is 0.960. The highest BCUT2D eigenvalue weighted by Gasteiger charge is 2.18. The molecule has 0 amide bonds. The Labute approximate surface area is 129 Å². The van der Waals surface area contributed by atoms with E-state index >= 15 is 0 Å². The molecule has 0 aliphatic carbocycles. The van der Waals surface area contributed by atoms with Gasteiger partial charge in [-0.25, -0.2) is 0 Å². The summed E-state index contributed by atoms with van der Waals surface area (Å²) in [5, 5.41) is 9.37. The van der Waals surface area contributed by atoms with E-state index < -0.39 is 0 Å². The Hall–Kier alpha value is -1.18. The molecule has 1 aromatic rings. The number of anilines is 2. The third kappa shape index (κ3) is 4.66. The lowest BCUT2D eigenvalue weighted by Crippen LogP contribution is -2.34. The van der Waals surface area contributed by atoms with Crippen molar-refractivity contribution in [3.05, 3.63) is 5.28 Å². The maximum absolute atomic E-state index is 9.19. The molecule has 0 bridgehead atoms. The quantitative estimate of drug-likeness (QED) is 0.803. The SMILES string of the molecule is COCCN(CCO)c1nc(Cl)nc(N2CCCCC2)n1. The Morgan fingerprint density at radius 3 is 2.62 bits per heavy atom. The predicted molar refractivity (Wildman–Crippen MR) is 82.1 cm³/mol. The maximum Gasteiger partial charge on any atom is 0.231 e. The largest absolute Gasteiger partial charge is 0.395 e. The van der Waals surface area contributed by atoms with Gasteiger partial charge in [0, 0.05) is 33.3 Å². The average Bonchev–Trinajstić information content (AvgIpc) is 2.51. The zero-order valence-corrected chi connectivity index (χ0v) is 13.1. The van der Waals surface area contributed by atoms with Gasteiger partial charge in [0.1, 0.15) is 0 Å². The van der Waals surface area contributed by atoms with Gasteiger partial charge >= 0.3 is 0 Å². The first-order valence-corrected chi connectivity index (χ1v) is 7.63. The van der Waals surface area contributed by atoms with Gasteiger partial charge in [0.25, 0.3) is 0 Å². The standard InChI is InChI=1S/C13H22ClN5O2/c1-21-10-8-19(7-9-20)13-16-11(14)15-12(17-13)18-5-3-2-4-6-18/h20H,2-10H2,1H3. The van der Waals surface area contributed by atoms with E-state index in [4.69, 9.17) is 16.3 Å².